The van der Waals surface area contributed by atoms with Crippen LogP contribution >= 0.6 is 23.4 Å². The number of halogens is 2. The lowest BCUT2D eigenvalue weighted by Crippen LogP contribution is -2.50. The van der Waals surface area contributed by atoms with Gasteiger partial charge >= 0.3 is 0 Å². The number of nitrogens with one attached hydrogen (secondary N) is 1. The van der Waals surface area contributed by atoms with E-state index in [1.165, 1.54) is 17.8 Å². The molecule has 0 radical (unpaired) electrons. The third-order valence-electron chi connectivity index (χ3n) is 5.76. The highest BCUT2D eigenvalue weighted by Crippen LogP contribution is 2.41. The molecule has 1 amide bonds. The van der Waals surface area contributed by atoms with Crippen molar-refractivity contribution in [2.24, 2.45) is 10.1 Å². The molecule has 2 aliphatic heterocycles. The predicted molar refractivity (Wildman–Crippen MR) is 142 cm³/mol. The van der Waals surface area contributed by atoms with Crippen molar-refractivity contribution in [2.75, 3.05) is 13.2 Å². The van der Waals surface area contributed by atoms with Crippen molar-refractivity contribution >= 4 is 40.1 Å². The molecular weight excluding hydrogens is 515 g/mol. The van der Waals surface area contributed by atoms with Crippen molar-refractivity contribution in [3.63, 3.8) is 0 Å². The van der Waals surface area contributed by atoms with Crippen LogP contribution in [0.15, 0.2) is 70.8 Å². The summed E-state index contributed by atoms with van der Waals surface area (Å²) in [5.74, 6) is 0.618. The molecule has 0 fully saturated rings. The van der Waals surface area contributed by atoms with Gasteiger partial charge in [0.15, 0.2) is 22.8 Å². The van der Waals surface area contributed by atoms with Gasteiger partial charge in [0.1, 0.15) is 11.5 Å². The van der Waals surface area contributed by atoms with Crippen LogP contribution in [0.4, 0.5) is 4.39 Å². The summed E-state index contributed by atoms with van der Waals surface area (Å²) in [5.41, 5.74) is 1.57. The molecule has 10 heteroatoms. The first-order valence-electron chi connectivity index (χ1n) is 11.8. The van der Waals surface area contributed by atoms with E-state index in [-0.39, 0.29) is 11.7 Å². The van der Waals surface area contributed by atoms with E-state index in [0.717, 1.165) is 0 Å². The summed E-state index contributed by atoms with van der Waals surface area (Å²) >= 11 is 7.84. The minimum Gasteiger partial charge on any atom is -0.490 e. The van der Waals surface area contributed by atoms with E-state index in [1.807, 2.05) is 44.2 Å². The Morgan fingerprint density at radius 3 is 2.62 bits per heavy atom. The number of rotatable bonds is 7. The van der Waals surface area contributed by atoms with E-state index in [1.54, 1.807) is 29.3 Å². The van der Waals surface area contributed by atoms with E-state index in [4.69, 9.17) is 31.2 Å². The van der Waals surface area contributed by atoms with Gasteiger partial charge in [-0.1, -0.05) is 59.8 Å². The number of amidine groups is 1. The lowest BCUT2D eigenvalue weighted by atomic mass is 10.1. The number of benzene rings is 3. The van der Waals surface area contributed by atoms with Gasteiger partial charge in [0.2, 0.25) is 0 Å². The molecular formula is C27H24ClFN4O3S. The van der Waals surface area contributed by atoms with Gasteiger partial charge in [-0.3, -0.25) is 15.1 Å². The number of nitrogens with zero attached hydrogens (tertiary/aromatic N) is 3. The van der Waals surface area contributed by atoms with Crippen LogP contribution in [-0.2, 0) is 10.5 Å². The lowest BCUT2D eigenvalue weighted by molar-refractivity contribution is -0.116. The Labute approximate surface area is 222 Å². The van der Waals surface area contributed by atoms with Crippen molar-refractivity contribution in [3.8, 4) is 11.5 Å². The molecule has 190 valence electrons. The summed E-state index contributed by atoms with van der Waals surface area (Å²) in [6.45, 7) is 4.60. The smallest absolute Gasteiger partial charge is 0.276 e. The number of fused-ring (bicyclic) bond motifs is 2. The molecule has 0 bridgehead atoms. The summed E-state index contributed by atoms with van der Waals surface area (Å²) < 4.78 is 25.7. The van der Waals surface area contributed by atoms with Crippen LogP contribution in [0.1, 0.15) is 31.1 Å². The SMILES string of the molecule is CCOc1cc([C@H]2N=c3ccccc3=C3C(=O)NC(SCc4ccccc4F)=NN32)cc(Cl)c1OCC. The molecule has 0 aromatic heterocycles. The highest BCUT2D eigenvalue weighted by molar-refractivity contribution is 8.13. The Bertz CT molecular complexity index is 1510. The number of thioether (sulfide) groups is 1. The molecule has 0 saturated carbocycles. The first-order chi connectivity index (χ1) is 18.0. The van der Waals surface area contributed by atoms with Crippen molar-refractivity contribution < 1.29 is 18.7 Å². The minimum absolute atomic E-state index is 0.302. The van der Waals surface area contributed by atoms with Gasteiger partial charge < -0.3 is 9.47 Å². The van der Waals surface area contributed by atoms with E-state index < -0.39 is 6.17 Å². The van der Waals surface area contributed by atoms with Gasteiger partial charge in [-0.15, -0.1) is 5.10 Å². The number of ether oxygens (including phenoxy) is 2. The van der Waals surface area contributed by atoms with E-state index in [2.05, 4.69) is 5.32 Å². The molecule has 3 aromatic carbocycles. The summed E-state index contributed by atoms with van der Waals surface area (Å²) in [5, 5.41) is 11.2. The average molecular weight is 539 g/mol. The lowest BCUT2D eigenvalue weighted by Gasteiger charge is -2.34. The summed E-state index contributed by atoms with van der Waals surface area (Å²) in [7, 11) is 0. The first-order valence-corrected chi connectivity index (χ1v) is 13.2. The number of carbonyl (C=O) groups is 1. The molecule has 37 heavy (non-hydrogen) atoms. The van der Waals surface area contributed by atoms with Gasteiger partial charge in [0.05, 0.1) is 23.6 Å². The predicted octanol–water partition coefficient (Wildman–Crippen LogP) is 4.35. The van der Waals surface area contributed by atoms with Crippen molar-refractivity contribution in [1.82, 2.24) is 10.3 Å². The number of hydrogen-bond donors (Lipinski definition) is 1. The summed E-state index contributed by atoms with van der Waals surface area (Å²) in [6.07, 6.45) is -0.688. The third-order valence-corrected chi connectivity index (χ3v) is 6.95. The van der Waals surface area contributed by atoms with Crippen LogP contribution in [-0.4, -0.2) is 29.3 Å². The standard InChI is InChI=1S/C27H24ClFN4O3S/c1-3-35-22-14-17(13-19(28)24(22)36-4-2)25-30-21-12-8-6-10-18(21)23-26(34)31-27(32-33(23)25)37-15-16-9-5-7-11-20(16)29/h5-14,25H,3-4,15H2,1-2H3,(H,31,32,34)/t25-/m0/s1. The van der Waals surface area contributed by atoms with Gasteiger partial charge in [-0.05, 0) is 43.7 Å². The van der Waals surface area contributed by atoms with Crippen LogP contribution in [0.25, 0.3) is 5.70 Å². The molecule has 0 unspecified atom stereocenters. The highest BCUT2D eigenvalue weighted by Gasteiger charge is 2.35. The molecule has 1 atom stereocenters. The monoisotopic (exact) mass is 538 g/mol. The normalized spacial score (nSPS) is 16.3. The minimum atomic E-state index is -0.688. The molecule has 3 aromatic rings. The van der Waals surface area contributed by atoms with Crippen molar-refractivity contribution in [1.29, 1.82) is 0 Å². The molecule has 2 aliphatic rings. The number of para-hydroxylation sites is 1. The van der Waals surface area contributed by atoms with Crippen LogP contribution in [0, 0.1) is 5.82 Å². The van der Waals surface area contributed by atoms with Crippen LogP contribution in [0.2, 0.25) is 5.02 Å². The fraction of sp³-hybridized carbons (Fsp3) is 0.222. The van der Waals surface area contributed by atoms with Crippen molar-refractivity contribution in [3.05, 3.63) is 93.2 Å². The summed E-state index contributed by atoms with van der Waals surface area (Å²) in [6, 6.07) is 17.5. The Kier molecular flexibility index (Phi) is 7.34. The molecule has 5 rings (SSSR count). The van der Waals surface area contributed by atoms with Crippen molar-refractivity contribution in [2.45, 2.75) is 25.8 Å². The maximum Gasteiger partial charge on any atom is 0.276 e. The Balaban J connectivity index is 1.59. The molecule has 1 N–H and O–H groups in total. The first kappa shape index (κ1) is 25.1. The zero-order valence-corrected chi connectivity index (χ0v) is 21.8. The van der Waals surface area contributed by atoms with Crippen LogP contribution in [0.5, 0.6) is 11.5 Å². The fourth-order valence-corrected chi connectivity index (χ4v) is 5.27. The number of carbonyl (C=O) groups excluding carboxylic acids is 1. The largest absolute Gasteiger partial charge is 0.490 e. The molecule has 0 saturated heterocycles. The second-order valence-electron chi connectivity index (χ2n) is 8.15. The van der Waals surface area contributed by atoms with Crippen LogP contribution in [0.3, 0.4) is 0 Å². The maximum atomic E-state index is 14.2. The van der Waals surface area contributed by atoms with E-state index >= 15 is 0 Å². The summed E-state index contributed by atoms with van der Waals surface area (Å²) in [4.78, 5) is 18.3. The molecule has 2 heterocycles. The Morgan fingerprint density at radius 1 is 1.08 bits per heavy atom. The Morgan fingerprint density at radius 2 is 1.84 bits per heavy atom. The average Bonchev–Trinajstić information content (AvgIpc) is 2.89. The Hall–Kier alpha value is -3.56. The number of hydrazone groups is 1. The van der Waals surface area contributed by atoms with E-state index in [0.29, 0.717) is 68.1 Å². The zero-order valence-electron chi connectivity index (χ0n) is 20.2. The highest BCUT2D eigenvalue weighted by atomic mass is 35.5. The van der Waals surface area contributed by atoms with Gasteiger partial charge in [-0.2, -0.15) is 0 Å². The zero-order chi connectivity index (χ0) is 25.9. The van der Waals surface area contributed by atoms with Gasteiger partial charge in [-0.25, -0.2) is 9.40 Å². The molecule has 7 nitrogen and oxygen atoms in total. The van der Waals surface area contributed by atoms with Crippen LogP contribution < -0.4 is 25.4 Å². The third kappa shape index (κ3) is 5.01. The molecule has 0 aliphatic carbocycles. The second kappa shape index (κ2) is 10.8. The number of amides is 1. The quantitative estimate of drug-likeness (QED) is 0.484. The topological polar surface area (TPSA) is 75.5 Å². The van der Waals surface area contributed by atoms with Gasteiger partial charge in [0, 0.05) is 16.5 Å². The fourth-order valence-electron chi connectivity index (χ4n) is 4.16. The number of hydrogen-bond acceptors (Lipinski definition) is 7. The van der Waals surface area contributed by atoms with E-state index in [9.17, 15) is 9.18 Å². The maximum absolute atomic E-state index is 14.2. The van der Waals surface area contributed by atoms with Gasteiger partial charge in [0.25, 0.3) is 5.91 Å². The second-order valence-corrected chi connectivity index (χ2v) is 9.52. The molecule has 0 spiro atoms.